The number of barbiturate groups is 1. The van der Waals surface area contributed by atoms with E-state index in [1.807, 2.05) is 19.2 Å². The molecule has 1 atom stereocenters. The molecule has 7 heteroatoms. The van der Waals surface area contributed by atoms with Crippen molar-refractivity contribution in [3.63, 3.8) is 0 Å². The first kappa shape index (κ1) is 14.0. The molecule has 1 aliphatic rings. The van der Waals surface area contributed by atoms with E-state index >= 15 is 0 Å². The molecule has 0 bridgehead atoms. The Balaban J connectivity index is 3.23. The van der Waals surface area contributed by atoms with Crippen molar-refractivity contribution in [1.82, 2.24) is 10.3 Å². The summed E-state index contributed by atoms with van der Waals surface area (Å²) in [5, 5.41) is 4.50. The van der Waals surface area contributed by atoms with Crippen molar-refractivity contribution in [2.75, 3.05) is 0 Å². The predicted molar refractivity (Wildman–Crippen MR) is 62.9 cm³/mol. The second-order valence-corrected chi connectivity index (χ2v) is 4.63. The third-order valence-electron chi connectivity index (χ3n) is 2.78. The van der Waals surface area contributed by atoms with Crippen molar-refractivity contribution >= 4 is 17.8 Å². The third kappa shape index (κ3) is 2.15. The lowest BCUT2D eigenvalue weighted by molar-refractivity contribution is -0.152. The number of hydrogen-bond donors (Lipinski definition) is 1. The van der Waals surface area contributed by atoms with Crippen molar-refractivity contribution in [3.05, 3.63) is 17.6 Å². The third-order valence-corrected chi connectivity index (χ3v) is 2.78. The maximum atomic E-state index is 12.1. The zero-order chi connectivity index (χ0) is 13.9. The molecule has 1 fully saturated rings. The fourth-order valence-corrected chi connectivity index (χ4v) is 2.12. The Morgan fingerprint density at radius 3 is 2.50 bits per heavy atom. The number of carbonyl (C=O) groups excluding carboxylic acids is 3. The lowest BCUT2D eigenvalue weighted by atomic mass is 9.74. The van der Waals surface area contributed by atoms with Gasteiger partial charge in [-0.05, 0) is 18.8 Å². The average Bonchev–Trinajstić information content (AvgIpc) is 2.26. The van der Waals surface area contributed by atoms with Crippen molar-refractivity contribution in [1.29, 1.82) is 0 Å². The summed E-state index contributed by atoms with van der Waals surface area (Å²) in [6.07, 6.45) is 1.68. The van der Waals surface area contributed by atoms with Gasteiger partial charge in [0.1, 0.15) is 5.41 Å². The van der Waals surface area contributed by atoms with Gasteiger partial charge in [-0.1, -0.05) is 19.9 Å². The molecule has 0 aromatic carbocycles. The summed E-state index contributed by atoms with van der Waals surface area (Å²) in [5.74, 6) is -1.56. The van der Waals surface area contributed by atoms with Gasteiger partial charge in [0.15, 0.2) is 0 Å². The molecule has 4 amide bonds. The maximum Gasteiger partial charge on any atom is 0.354 e. The minimum absolute atomic E-state index is 0.0290. The van der Waals surface area contributed by atoms with Crippen molar-refractivity contribution in [2.45, 2.75) is 26.7 Å². The number of hydrogen-bond acceptors (Lipinski definition) is 5. The Morgan fingerprint density at radius 2 is 2.06 bits per heavy atom. The van der Waals surface area contributed by atoms with Crippen LogP contribution in [0, 0.1) is 16.2 Å². The van der Waals surface area contributed by atoms with Crippen molar-refractivity contribution < 1.29 is 14.4 Å². The zero-order valence-corrected chi connectivity index (χ0v) is 10.3. The lowest BCUT2D eigenvalue weighted by Crippen LogP contribution is -2.62. The van der Waals surface area contributed by atoms with Gasteiger partial charge in [0.05, 0.1) is 5.29 Å². The summed E-state index contributed by atoms with van der Waals surface area (Å²) in [6, 6.07) is -1.11. The van der Waals surface area contributed by atoms with Gasteiger partial charge in [-0.3, -0.25) is 14.9 Å². The van der Waals surface area contributed by atoms with Crippen LogP contribution >= 0.6 is 0 Å². The fraction of sp³-hybridized carbons (Fsp3) is 0.545. The molecular formula is C11H15N3O4. The number of amides is 4. The smallest absolute Gasteiger partial charge is 0.275 e. The first-order chi connectivity index (χ1) is 8.39. The van der Waals surface area contributed by atoms with Crippen molar-refractivity contribution in [2.24, 2.45) is 16.6 Å². The van der Waals surface area contributed by atoms with Gasteiger partial charge in [0.25, 0.3) is 5.91 Å². The van der Waals surface area contributed by atoms with Crippen LogP contribution < -0.4 is 5.32 Å². The molecule has 0 aliphatic carbocycles. The lowest BCUT2D eigenvalue weighted by Gasteiger charge is -2.36. The predicted octanol–water partition coefficient (Wildman–Crippen LogP) is 1.35. The van der Waals surface area contributed by atoms with Crippen LogP contribution in [0.3, 0.4) is 0 Å². The average molecular weight is 253 g/mol. The number of allylic oxidation sites excluding steroid dienone is 1. The molecule has 0 spiro atoms. The van der Waals surface area contributed by atoms with Crippen LogP contribution in [0.1, 0.15) is 26.7 Å². The number of urea groups is 1. The van der Waals surface area contributed by atoms with Crippen LogP contribution in [0.25, 0.3) is 0 Å². The van der Waals surface area contributed by atoms with E-state index in [4.69, 9.17) is 0 Å². The minimum Gasteiger partial charge on any atom is -0.275 e. The van der Waals surface area contributed by atoms with E-state index in [9.17, 15) is 19.3 Å². The molecule has 0 aromatic heterocycles. The molecule has 0 radical (unpaired) electrons. The highest BCUT2D eigenvalue weighted by Gasteiger charge is 2.54. The Morgan fingerprint density at radius 1 is 1.44 bits per heavy atom. The summed E-state index contributed by atoms with van der Waals surface area (Å²) in [4.78, 5) is 45.9. The topological polar surface area (TPSA) is 95.9 Å². The van der Waals surface area contributed by atoms with E-state index < -0.39 is 23.3 Å². The molecule has 0 saturated carbocycles. The monoisotopic (exact) mass is 253 g/mol. The molecular weight excluding hydrogens is 238 g/mol. The molecule has 7 nitrogen and oxygen atoms in total. The van der Waals surface area contributed by atoms with Crippen LogP contribution in [0.2, 0.25) is 0 Å². The Kier molecular flexibility index (Phi) is 3.95. The summed E-state index contributed by atoms with van der Waals surface area (Å²) < 4.78 is 0. The van der Waals surface area contributed by atoms with E-state index in [1.165, 1.54) is 6.08 Å². The number of nitroso groups, excluding NO2 is 1. The highest BCUT2D eigenvalue weighted by Crippen LogP contribution is 2.36. The van der Waals surface area contributed by atoms with Gasteiger partial charge in [0, 0.05) is 0 Å². The number of nitrogens with one attached hydrogen (secondary N) is 1. The number of nitrogens with zero attached hydrogens (tertiary/aromatic N) is 2. The molecule has 1 aliphatic heterocycles. The normalized spacial score (nSPS) is 24.2. The molecule has 1 rings (SSSR count). The van der Waals surface area contributed by atoms with E-state index in [-0.39, 0.29) is 23.8 Å². The summed E-state index contributed by atoms with van der Waals surface area (Å²) in [7, 11) is 0. The second kappa shape index (κ2) is 5.07. The minimum atomic E-state index is -1.47. The highest BCUT2D eigenvalue weighted by atomic mass is 16.3. The molecule has 18 heavy (non-hydrogen) atoms. The summed E-state index contributed by atoms with van der Waals surface area (Å²) >= 11 is 0. The Bertz CT molecular complexity index is 419. The second-order valence-electron chi connectivity index (χ2n) is 4.63. The van der Waals surface area contributed by atoms with Crippen LogP contribution in [0.5, 0.6) is 0 Å². The molecule has 98 valence electrons. The van der Waals surface area contributed by atoms with Crippen LogP contribution in [-0.4, -0.2) is 22.9 Å². The van der Waals surface area contributed by atoms with Gasteiger partial charge in [-0.15, -0.1) is 16.5 Å². The van der Waals surface area contributed by atoms with E-state index in [2.05, 4.69) is 11.9 Å². The fourth-order valence-electron chi connectivity index (χ4n) is 2.12. The van der Waals surface area contributed by atoms with Gasteiger partial charge < -0.3 is 0 Å². The van der Waals surface area contributed by atoms with Crippen LogP contribution in [0.4, 0.5) is 4.79 Å². The van der Waals surface area contributed by atoms with Crippen molar-refractivity contribution in [3.8, 4) is 0 Å². The quantitative estimate of drug-likeness (QED) is 0.454. The number of rotatable bonds is 5. The largest absolute Gasteiger partial charge is 0.354 e. The molecule has 0 aromatic rings. The standard InChI is InChI=1S/C11H15N3O4/c1-4-5-11(6-7(2)3)8(15)12-10(17)14(13-18)9(11)16/h4,7H,1,5-6H2,2-3H3,(H,12,15,17). The Labute approximate surface area is 104 Å². The highest BCUT2D eigenvalue weighted by molar-refractivity contribution is 6.19. The van der Waals surface area contributed by atoms with Gasteiger partial charge in [0.2, 0.25) is 5.91 Å². The van der Waals surface area contributed by atoms with Gasteiger partial charge >= 0.3 is 6.03 Å². The molecule has 1 N–H and O–H groups in total. The zero-order valence-electron chi connectivity index (χ0n) is 10.3. The summed E-state index contributed by atoms with van der Waals surface area (Å²) in [6.45, 7) is 7.17. The van der Waals surface area contributed by atoms with E-state index in [0.29, 0.717) is 0 Å². The number of carbonyl (C=O) groups is 3. The Hall–Kier alpha value is -2.05. The van der Waals surface area contributed by atoms with Crippen LogP contribution in [-0.2, 0) is 9.59 Å². The summed E-state index contributed by atoms with van der Waals surface area (Å²) in [5.41, 5.74) is -1.47. The first-order valence-corrected chi connectivity index (χ1v) is 5.53. The molecule has 1 heterocycles. The van der Waals surface area contributed by atoms with E-state index in [1.54, 1.807) is 0 Å². The SMILES string of the molecule is C=CCC1(CC(C)C)C(=O)NC(=O)N(N=O)C1=O. The first-order valence-electron chi connectivity index (χ1n) is 5.53. The van der Waals surface area contributed by atoms with Gasteiger partial charge in [-0.25, -0.2) is 4.79 Å². The van der Waals surface area contributed by atoms with Crippen LogP contribution in [0.15, 0.2) is 17.9 Å². The molecule has 1 unspecified atom stereocenters. The van der Waals surface area contributed by atoms with Gasteiger partial charge in [-0.2, -0.15) is 0 Å². The maximum absolute atomic E-state index is 12.1. The van der Waals surface area contributed by atoms with E-state index in [0.717, 1.165) is 0 Å². The molecule has 1 saturated heterocycles. The number of imide groups is 2.